The third-order valence-electron chi connectivity index (χ3n) is 5.23. The van der Waals surface area contributed by atoms with E-state index in [0.29, 0.717) is 13.1 Å². The fourth-order valence-corrected chi connectivity index (χ4v) is 4.66. The van der Waals surface area contributed by atoms with Crippen LogP contribution >= 0.6 is 11.8 Å². The fourth-order valence-electron chi connectivity index (χ4n) is 3.60. The average molecular weight is 333 g/mol. The second kappa shape index (κ2) is 6.56. The number of nitrogens with zero attached hydrogens (tertiary/aromatic N) is 1. The Hall–Kier alpha value is -1.49. The predicted molar refractivity (Wildman–Crippen MR) is 90.4 cm³/mol. The molecule has 0 radical (unpaired) electrons. The van der Waals surface area contributed by atoms with Crippen molar-refractivity contribution in [2.75, 3.05) is 13.1 Å². The summed E-state index contributed by atoms with van der Waals surface area (Å²) in [6, 6.07) is 10.0. The molecule has 1 saturated carbocycles. The van der Waals surface area contributed by atoms with Crippen LogP contribution in [0.2, 0.25) is 0 Å². The molecular weight excluding hydrogens is 310 g/mol. The van der Waals surface area contributed by atoms with Crippen LogP contribution in [0.15, 0.2) is 35.2 Å². The Kier molecular flexibility index (Phi) is 4.67. The van der Waals surface area contributed by atoms with E-state index in [4.69, 9.17) is 5.11 Å². The number of aliphatic carboxylic acids is 1. The van der Waals surface area contributed by atoms with Crippen molar-refractivity contribution in [1.82, 2.24) is 4.90 Å². The molecule has 0 aromatic heterocycles. The summed E-state index contributed by atoms with van der Waals surface area (Å²) in [5.41, 5.74) is -0.0170. The Morgan fingerprint density at radius 1 is 1.30 bits per heavy atom. The number of piperidine rings is 1. The fraction of sp³-hybridized carbons (Fsp3) is 0.556. The Morgan fingerprint density at radius 3 is 2.48 bits per heavy atom. The van der Waals surface area contributed by atoms with Gasteiger partial charge in [-0.3, -0.25) is 9.59 Å². The van der Waals surface area contributed by atoms with Crippen LogP contribution in [0.3, 0.4) is 0 Å². The number of carboxylic acids is 1. The van der Waals surface area contributed by atoms with Gasteiger partial charge >= 0.3 is 5.97 Å². The lowest BCUT2D eigenvalue weighted by atomic mass is 9.90. The van der Waals surface area contributed by atoms with Crippen LogP contribution in [0.25, 0.3) is 0 Å². The smallest absolute Gasteiger partial charge is 0.307 e. The number of likely N-dealkylation sites (tertiary alicyclic amines) is 1. The molecule has 2 aliphatic rings. The minimum Gasteiger partial charge on any atom is -0.481 e. The Labute approximate surface area is 141 Å². The standard InChI is InChI=1S/C18H23NO3S/c1-2-15(23-13-6-4-3-5-7-13)16(20)19-10-8-18(9-11-19)12-14(18)17(21)22/h3-7,14-15H,2,8-12H2,1H3,(H,21,22). The van der Waals surface area contributed by atoms with Crippen molar-refractivity contribution < 1.29 is 14.7 Å². The summed E-state index contributed by atoms with van der Waals surface area (Å²) in [7, 11) is 0. The van der Waals surface area contributed by atoms with Crippen LogP contribution < -0.4 is 0 Å². The van der Waals surface area contributed by atoms with Gasteiger partial charge in [0, 0.05) is 18.0 Å². The second-order valence-corrected chi connectivity index (χ2v) is 7.89. The van der Waals surface area contributed by atoms with Gasteiger partial charge in [-0.25, -0.2) is 0 Å². The van der Waals surface area contributed by atoms with Gasteiger partial charge in [-0.05, 0) is 43.2 Å². The molecule has 2 atom stereocenters. The Morgan fingerprint density at radius 2 is 1.96 bits per heavy atom. The molecule has 1 aliphatic carbocycles. The van der Waals surface area contributed by atoms with Crippen molar-refractivity contribution >= 4 is 23.6 Å². The number of rotatable bonds is 5. The molecule has 1 aromatic rings. The second-order valence-electron chi connectivity index (χ2n) is 6.61. The van der Waals surface area contributed by atoms with Crippen LogP contribution in [0.4, 0.5) is 0 Å². The molecule has 23 heavy (non-hydrogen) atoms. The topological polar surface area (TPSA) is 57.6 Å². The van der Waals surface area contributed by atoms with Crippen LogP contribution in [0.5, 0.6) is 0 Å². The van der Waals surface area contributed by atoms with E-state index >= 15 is 0 Å². The van der Waals surface area contributed by atoms with E-state index in [1.54, 1.807) is 11.8 Å². The molecule has 1 saturated heterocycles. The van der Waals surface area contributed by atoms with Gasteiger partial charge < -0.3 is 10.0 Å². The highest BCUT2D eigenvalue weighted by molar-refractivity contribution is 8.00. The number of carbonyl (C=O) groups is 2. The van der Waals surface area contributed by atoms with Crippen LogP contribution in [0, 0.1) is 11.3 Å². The summed E-state index contributed by atoms with van der Waals surface area (Å²) in [6.45, 7) is 3.45. The number of amides is 1. The monoisotopic (exact) mass is 333 g/mol. The summed E-state index contributed by atoms with van der Waals surface area (Å²) >= 11 is 1.63. The third-order valence-corrected chi connectivity index (χ3v) is 6.59. The quantitative estimate of drug-likeness (QED) is 0.840. The number of carboxylic acid groups (broad SMARTS) is 1. The van der Waals surface area contributed by atoms with E-state index in [1.807, 2.05) is 42.2 Å². The first-order chi connectivity index (χ1) is 11.1. The highest BCUT2D eigenvalue weighted by Crippen LogP contribution is 2.59. The molecule has 1 aliphatic heterocycles. The van der Waals surface area contributed by atoms with Gasteiger partial charge in [-0.15, -0.1) is 11.8 Å². The van der Waals surface area contributed by atoms with Crippen molar-refractivity contribution in [3.63, 3.8) is 0 Å². The lowest BCUT2D eigenvalue weighted by molar-refractivity contribution is -0.139. The van der Waals surface area contributed by atoms with Gasteiger partial charge in [0.2, 0.25) is 5.91 Å². The third kappa shape index (κ3) is 3.39. The van der Waals surface area contributed by atoms with E-state index in [9.17, 15) is 9.59 Å². The first-order valence-electron chi connectivity index (χ1n) is 8.29. The molecule has 1 amide bonds. The van der Waals surface area contributed by atoms with Gasteiger partial charge in [-0.1, -0.05) is 25.1 Å². The lowest BCUT2D eigenvalue weighted by Crippen LogP contribution is -2.43. The van der Waals surface area contributed by atoms with E-state index in [1.165, 1.54) is 0 Å². The minimum atomic E-state index is -0.671. The summed E-state index contributed by atoms with van der Waals surface area (Å²) in [4.78, 5) is 27.0. The molecule has 4 nitrogen and oxygen atoms in total. The van der Waals surface area contributed by atoms with Crippen molar-refractivity contribution in [2.24, 2.45) is 11.3 Å². The zero-order valence-corrected chi connectivity index (χ0v) is 14.2. The number of thioether (sulfide) groups is 1. The normalized spacial score (nSPS) is 23.5. The van der Waals surface area contributed by atoms with Crippen molar-refractivity contribution in [3.8, 4) is 0 Å². The van der Waals surface area contributed by atoms with Gasteiger partial charge in [0.05, 0.1) is 11.2 Å². The summed E-state index contributed by atoms with van der Waals surface area (Å²) in [5.74, 6) is -0.653. The van der Waals surface area contributed by atoms with Crippen molar-refractivity contribution in [2.45, 2.75) is 42.8 Å². The molecule has 1 aromatic carbocycles. The average Bonchev–Trinajstić information content (AvgIpc) is 3.27. The largest absolute Gasteiger partial charge is 0.481 e. The highest BCUT2D eigenvalue weighted by atomic mass is 32.2. The summed E-state index contributed by atoms with van der Waals surface area (Å²) in [5, 5.41) is 9.10. The molecule has 0 bridgehead atoms. The highest BCUT2D eigenvalue weighted by Gasteiger charge is 2.59. The molecule has 3 rings (SSSR count). The molecule has 2 unspecified atom stereocenters. The molecule has 1 spiro atoms. The SMILES string of the molecule is CCC(Sc1ccccc1)C(=O)N1CCC2(CC1)CC2C(=O)O. The number of hydrogen-bond acceptors (Lipinski definition) is 3. The van der Waals surface area contributed by atoms with Gasteiger partial charge in [-0.2, -0.15) is 0 Å². The lowest BCUT2D eigenvalue weighted by Gasteiger charge is -2.34. The maximum atomic E-state index is 12.8. The number of benzene rings is 1. The van der Waals surface area contributed by atoms with E-state index in [2.05, 4.69) is 0 Å². The van der Waals surface area contributed by atoms with Gasteiger partial charge in [0.25, 0.3) is 0 Å². The summed E-state index contributed by atoms with van der Waals surface area (Å²) in [6.07, 6.45) is 3.27. The number of hydrogen-bond donors (Lipinski definition) is 1. The first kappa shape index (κ1) is 16.4. The first-order valence-corrected chi connectivity index (χ1v) is 9.17. The molecule has 1 N–H and O–H groups in total. The van der Waals surface area contributed by atoms with Crippen molar-refractivity contribution in [3.05, 3.63) is 30.3 Å². The maximum absolute atomic E-state index is 12.8. The molecular formula is C18H23NO3S. The Balaban J connectivity index is 1.57. The Bertz CT molecular complexity index is 581. The van der Waals surface area contributed by atoms with E-state index in [0.717, 1.165) is 30.6 Å². The van der Waals surface area contributed by atoms with Crippen molar-refractivity contribution in [1.29, 1.82) is 0 Å². The van der Waals surface area contributed by atoms with Crippen LogP contribution in [-0.2, 0) is 9.59 Å². The molecule has 124 valence electrons. The molecule has 1 heterocycles. The van der Waals surface area contributed by atoms with Crippen LogP contribution in [0.1, 0.15) is 32.6 Å². The zero-order valence-electron chi connectivity index (χ0n) is 13.4. The van der Waals surface area contributed by atoms with E-state index < -0.39 is 5.97 Å². The maximum Gasteiger partial charge on any atom is 0.307 e. The van der Waals surface area contributed by atoms with Gasteiger partial charge in [0.15, 0.2) is 0 Å². The zero-order chi connectivity index (χ0) is 16.4. The van der Waals surface area contributed by atoms with Crippen LogP contribution in [-0.4, -0.2) is 40.2 Å². The van der Waals surface area contributed by atoms with E-state index in [-0.39, 0.29) is 22.5 Å². The number of carbonyl (C=O) groups excluding carboxylic acids is 1. The summed E-state index contributed by atoms with van der Waals surface area (Å²) < 4.78 is 0. The minimum absolute atomic E-state index is 0.0170. The predicted octanol–water partition coefficient (Wildman–Crippen LogP) is 3.27. The molecule has 5 heteroatoms. The molecule has 2 fully saturated rings. The van der Waals surface area contributed by atoms with Gasteiger partial charge in [0.1, 0.15) is 0 Å².